The van der Waals surface area contributed by atoms with E-state index in [4.69, 9.17) is 22.1 Å². The smallest absolute Gasteiger partial charge is 0.0717 e. The Morgan fingerprint density at radius 2 is 2.07 bits per heavy atom. The predicted octanol–water partition coefficient (Wildman–Crippen LogP) is 2.90. The average molecular weight is 228 g/mol. The van der Waals surface area contributed by atoms with Gasteiger partial charge in [-0.3, -0.25) is 0 Å². The summed E-state index contributed by atoms with van der Waals surface area (Å²) < 4.78 is 5.51. The first kappa shape index (κ1) is 12.5. The molecular formula is C12H18ClNO. The van der Waals surface area contributed by atoms with Gasteiger partial charge in [-0.05, 0) is 38.0 Å². The second-order valence-electron chi connectivity index (χ2n) is 4.56. The van der Waals surface area contributed by atoms with Crippen LogP contribution in [0.25, 0.3) is 0 Å². The van der Waals surface area contributed by atoms with Crippen LogP contribution in [0.15, 0.2) is 18.2 Å². The van der Waals surface area contributed by atoms with E-state index in [0.29, 0.717) is 13.2 Å². The molecule has 3 heteroatoms. The Hall–Kier alpha value is -0.570. The number of aryl methyl sites for hydroxylation is 1. The normalized spacial score (nSPS) is 11.8. The lowest BCUT2D eigenvalue weighted by molar-refractivity contribution is 0.0851. The van der Waals surface area contributed by atoms with Crippen LogP contribution in [0.4, 0.5) is 0 Å². The van der Waals surface area contributed by atoms with Crippen LogP contribution in [0.2, 0.25) is 5.02 Å². The molecule has 0 amide bonds. The largest absolute Gasteiger partial charge is 0.375 e. The van der Waals surface area contributed by atoms with E-state index in [1.54, 1.807) is 0 Å². The number of ether oxygens (including phenoxy) is 1. The summed E-state index contributed by atoms with van der Waals surface area (Å²) in [6.07, 6.45) is 0. The van der Waals surface area contributed by atoms with E-state index in [1.807, 2.05) is 39.0 Å². The molecule has 0 aliphatic carbocycles. The maximum absolute atomic E-state index is 5.93. The Morgan fingerprint density at radius 3 is 2.60 bits per heavy atom. The van der Waals surface area contributed by atoms with Gasteiger partial charge in [-0.1, -0.05) is 23.7 Å². The molecule has 0 radical (unpaired) electrons. The minimum Gasteiger partial charge on any atom is -0.375 e. The maximum atomic E-state index is 5.93. The quantitative estimate of drug-likeness (QED) is 0.859. The summed E-state index contributed by atoms with van der Waals surface area (Å²) in [5.74, 6) is 0. The summed E-state index contributed by atoms with van der Waals surface area (Å²) in [5, 5.41) is 0.790. The van der Waals surface area contributed by atoms with Crippen molar-refractivity contribution in [2.45, 2.75) is 32.9 Å². The van der Waals surface area contributed by atoms with Gasteiger partial charge in [0.25, 0.3) is 0 Å². The van der Waals surface area contributed by atoms with Crippen molar-refractivity contribution in [2.24, 2.45) is 5.73 Å². The molecule has 1 rings (SSSR count). The highest BCUT2D eigenvalue weighted by atomic mass is 35.5. The van der Waals surface area contributed by atoms with E-state index in [1.165, 1.54) is 0 Å². The van der Waals surface area contributed by atoms with Crippen LogP contribution >= 0.6 is 11.6 Å². The van der Waals surface area contributed by atoms with Crippen LogP contribution in [0, 0.1) is 6.92 Å². The summed E-state index contributed by atoms with van der Waals surface area (Å²) in [6.45, 7) is 7.01. The van der Waals surface area contributed by atoms with E-state index < -0.39 is 0 Å². The van der Waals surface area contributed by atoms with Crippen LogP contribution in [0.3, 0.4) is 0 Å². The Labute approximate surface area is 96.4 Å². The van der Waals surface area contributed by atoms with Gasteiger partial charge in [0.15, 0.2) is 0 Å². The molecule has 0 atom stereocenters. The van der Waals surface area contributed by atoms with Crippen molar-refractivity contribution in [1.82, 2.24) is 0 Å². The van der Waals surface area contributed by atoms with Crippen LogP contribution in [-0.2, 0) is 11.3 Å². The van der Waals surface area contributed by atoms with E-state index in [0.717, 1.165) is 16.1 Å². The zero-order valence-corrected chi connectivity index (χ0v) is 10.3. The van der Waals surface area contributed by atoms with E-state index in [-0.39, 0.29) is 5.54 Å². The maximum Gasteiger partial charge on any atom is 0.0717 e. The van der Waals surface area contributed by atoms with E-state index in [2.05, 4.69) is 0 Å². The second kappa shape index (κ2) is 4.97. The van der Waals surface area contributed by atoms with Crippen molar-refractivity contribution in [3.8, 4) is 0 Å². The monoisotopic (exact) mass is 227 g/mol. The first-order valence-electron chi connectivity index (χ1n) is 5.00. The molecule has 0 unspecified atom stereocenters. The number of benzene rings is 1. The minimum absolute atomic E-state index is 0.276. The lowest BCUT2D eigenvalue weighted by atomic mass is 10.1. The van der Waals surface area contributed by atoms with Gasteiger partial charge in [-0.15, -0.1) is 0 Å². The molecule has 2 N–H and O–H groups in total. The van der Waals surface area contributed by atoms with Crippen molar-refractivity contribution in [3.63, 3.8) is 0 Å². The number of hydrogen-bond acceptors (Lipinski definition) is 2. The minimum atomic E-state index is -0.276. The molecule has 84 valence electrons. The molecular weight excluding hydrogens is 210 g/mol. The van der Waals surface area contributed by atoms with Gasteiger partial charge >= 0.3 is 0 Å². The van der Waals surface area contributed by atoms with Gasteiger partial charge in [0.1, 0.15) is 0 Å². The lowest BCUT2D eigenvalue weighted by Crippen LogP contribution is -2.37. The summed E-state index contributed by atoms with van der Waals surface area (Å²) in [4.78, 5) is 0. The zero-order valence-electron chi connectivity index (χ0n) is 9.51. The number of halogens is 1. The number of hydrogen-bond donors (Lipinski definition) is 1. The van der Waals surface area contributed by atoms with Crippen molar-refractivity contribution >= 4 is 11.6 Å². The molecule has 1 aromatic rings. The predicted molar refractivity (Wildman–Crippen MR) is 64.1 cm³/mol. The molecule has 0 aromatic heterocycles. The molecule has 1 aromatic carbocycles. The topological polar surface area (TPSA) is 35.2 Å². The lowest BCUT2D eigenvalue weighted by Gasteiger charge is -2.18. The fraction of sp³-hybridized carbons (Fsp3) is 0.500. The second-order valence-corrected chi connectivity index (χ2v) is 4.97. The van der Waals surface area contributed by atoms with Crippen molar-refractivity contribution in [3.05, 3.63) is 34.3 Å². The molecule has 0 aliphatic heterocycles. The first-order valence-corrected chi connectivity index (χ1v) is 5.38. The van der Waals surface area contributed by atoms with Crippen LogP contribution in [-0.4, -0.2) is 12.1 Å². The Bertz CT molecular complexity index is 331. The molecule has 0 fully saturated rings. The third-order valence-corrected chi connectivity index (χ3v) is 2.39. The summed E-state index contributed by atoms with van der Waals surface area (Å²) in [5.41, 5.74) is 7.73. The number of rotatable bonds is 4. The standard InChI is InChI=1S/C12H18ClNO/c1-9-6-10(4-5-11(9)13)7-15-8-12(2,3)14/h4-6H,7-8,14H2,1-3H3. The van der Waals surface area contributed by atoms with Crippen LogP contribution < -0.4 is 5.73 Å². The van der Waals surface area contributed by atoms with Gasteiger partial charge in [-0.2, -0.15) is 0 Å². The van der Waals surface area contributed by atoms with E-state index >= 15 is 0 Å². The Kier molecular flexibility index (Phi) is 4.14. The highest BCUT2D eigenvalue weighted by Crippen LogP contribution is 2.16. The SMILES string of the molecule is Cc1cc(COCC(C)(C)N)ccc1Cl. The summed E-state index contributed by atoms with van der Waals surface area (Å²) in [6, 6.07) is 5.90. The van der Waals surface area contributed by atoms with Crippen molar-refractivity contribution in [2.75, 3.05) is 6.61 Å². The van der Waals surface area contributed by atoms with Gasteiger partial charge < -0.3 is 10.5 Å². The van der Waals surface area contributed by atoms with Gasteiger partial charge in [0.2, 0.25) is 0 Å². The fourth-order valence-electron chi connectivity index (χ4n) is 1.23. The highest BCUT2D eigenvalue weighted by Gasteiger charge is 2.10. The fourth-order valence-corrected chi connectivity index (χ4v) is 1.35. The van der Waals surface area contributed by atoms with Crippen LogP contribution in [0.1, 0.15) is 25.0 Å². The molecule has 0 saturated heterocycles. The molecule has 0 aliphatic rings. The molecule has 0 saturated carbocycles. The van der Waals surface area contributed by atoms with Gasteiger partial charge in [-0.25, -0.2) is 0 Å². The molecule has 0 heterocycles. The average Bonchev–Trinajstić information content (AvgIpc) is 2.09. The van der Waals surface area contributed by atoms with Crippen molar-refractivity contribution in [1.29, 1.82) is 0 Å². The van der Waals surface area contributed by atoms with Gasteiger partial charge in [0, 0.05) is 10.6 Å². The third-order valence-electron chi connectivity index (χ3n) is 1.97. The molecule has 2 nitrogen and oxygen atoms in total. The number of nitrogens with two attached hydrogens (primary N) is 1. The highest BCUT2D eigenvalue weighted by molar-refractivity contribution is 6.31. The van der Waals surface area contributed by atoms with Gasteiger partial charge in [0.05, 0.1) is 13.2 Å². The molecule has 15 heavy (non-hydrogen) atoms. The van der Waals surface area contributed by atoms with Crippen LogP contribution in [0.5, 0.6) is 0 Å². The van der Waals surface area contributed by atoms with E-state index in [9.17, 15) is 0 Å². The zero-order chi connectivity index (χ0) is 11.5. The molecule has 0 spiro atoms. The summed E-state index contributed by atoms with van der Waals surface area (Å²) >= 11 is 5.93. The first-order chi connectivity index (χ1) is 6.88. The summed E-state index contributed by atoms with van der Waals surface area (Å²) in [7, 11) is 0. The Balaban J connectivity index is 2.48. The Morgan fingerprint density at radius 1 is 1.40 bits per heavy atom. The third kappa shape index (κ3) is 4.65. The molecule has 0 bridgehead atoms. The van der Waals surface area contributed by atoms with Crippen molar-refractivity contribution < 1.29 is 4.74 Å².